The quantitative estimate of drug-likeness (QED) is 0.847. The van der Waals surface area contributed by atoms with Crippen LogP contribution in [0.4, 0.5) is 0 Å². The van der Waals surface area contributed by atoms with Crippen LogP contribution in [-0.2, 0) is 9.59 Å². The van der Waals surface area contributed by atoms with Crippen LogP contribution in [0.5, 0.6) is 0 Å². The molecule has 1 aliphatic heterocycles. The number of thioether (sulfide) groups is 2. The Bertz CT molecular complexity index is 389. The maximum Gasteiger partial charge on any atom is 0.153 e. The standard InChI is InChI=1S/C17H31NO2S2/c1-4-16(2)12-21-9-5-6-10-22-13-17(3,15(20)11-18)8-7-14(16)19/h4-13,18H2,1-3H3/t16-,17-/m0/s1. The van der Waals surface area contributed by atoms with Crippen LogP contribution in [0, 0.1) is 10.8 Å². The zero-order valence-corrected chi connectivity index (χ0v) is 15.9. The second kappa shape index (κ2) is 9.33. The van der Waals surface area contributed by atoms with Gasteiger partial charge in [-0.25, -0.2) is 0 Å². The molecular formula is C17H31NO2S2. The summed E-state index contributed by atoms with van der Waals surface area (Å²) in [6.07, 6.45) is 4.37. The van der Waals surface area contributed by atoms with Crippen molar-refractivity contribution in [1.82, 2.24) is 0 Å². The van der Waals surface area contributed by atoms with Crippen LogP contribution in [0.2, 0.25) is 0 Å². The van der Waals surface area contributed by atoms with Crippen molar-refractivity contribution in [3.8, 4) is 0 Å². The van der Waals surface area contributed by atoms with Crippen molar-refractivity contribution in [3.63, 3.8) is 0 Å². The molecule has 1 heterocycles. The fourth-order valence-electron chi connectivity index (χ4n) is 2.61. The number of Topliss-reactive ketones (excluding diaryl/α,β-unsaturated/α-hetero) is 2. The Kier molecular flexibility index (Phi) is 8.50. The van der Waals surface area contributed by atoms with E-state index in [1.807, 2.05) is 30.4 Å². The van der Waals surface area contributed by atoms with Crippen molar-refractivity contribution >= 4 is 35.1 Å². The average Bonchev–Trinajstić information content (AvgIpc) is 2.54. The van der Waals surface area contributed by atoms with Gasteiger partial charge in [0.2, 0.25) is 0 Å². The SMILES string of the molecule is CC[C@@]1(C)CSCCCCSC[C@@](C)(C(=O)CN)CCC1=O. The molecule has 0 aromatic carbocycles. The number of carbonyl (C=O) groups is 2. The Labute approximate surface area is 143 Å². The van der Waals surface area contributed by atoms with Gasteiger partial charge < -0.3 is 5.73 Å². The van der Waals surface area contributed by atoms with Crippen molar-refractivity contribution in [2.45, 2.75) is 52.9 Å². The molecule has 0 spiro atoms. The summed E-state index contributed by atoms with van der Waals surface area (Å²) in [5.41, 5.74) is 4.89. The Morgan fingerprint density at radius 2 is 1.77 bits per heavy atom. The summed E-state index contributed by atoms with van der Waals surface area (Å²) in [6.45, 7) is 6.24. The molecule has 0 saturated carbocycles. The van der Waals surface area contributed by atoms with E-state index in [0.29, 0.717) is 18.6 Å². The molecule has 0 bridgehead atoms. The Morgan fingerprint density at radius 3 is 2.32 bits per heavy atom. The van der Waals surface area contributed by atoms with Crippen molar-refractivity contribution in [3.05, 3.63) is 0 Å². The van der Waals surface area contributed by atoms with Crippen LogP contribution in [-0.4, -0.2) is 41.1 Å². The molecular weight excluding hydrogens is 314 g/mol. The highest BCUT2D eigenvalue weighted by molar-refractivity contribution is 7.99. The molecule has 0 aliphatic carbocycles. The monoisotopic (exact) mass is 345 g/mol. The van der Waals surface area contributed by atoms with Crippen LogP contribution in [0.25, 0.3) is 0 Å². The second-order valence-electron chi connectivity index (χ2n) is 6.84. The van der Waals surface area contributed by atoms with Crippen LogP contribution >= 0.6 is 23.5 Å². The Hall–Kier alpha value is -0.0000000000000000555. The molecule has 0 aromatic heterocycles. The number of carbonyl (C=O) groups excluding carboxylic acids is 2. The number of rotatable bonds is 3. The summed E-state index contributed by atoms with van der Waals surface area (Å²) < 4.78 is 0. The minimum atomic E-state index is -0.453. The molecule has 2 atom stereocenters. The van der Waals surface area contributed by atoms with Crippen molar-refractivity contribution in [2.24, 2.45) is 16.6 Å². The normalized spacial score (nSPS) is 32.6. The van der Waals surface area contributed by atoms with Crippen molar-refractivity contribution in [1.29, 1.82) is 0 Å². The van der Waals surface area contributed by atoms with E-state index < -0.39 is 5.41 Å². The lowest BCUT2D eigenvalue weighted by Crippen LogP contribution is -2.38. The van der Waals surface area contributed by atoms with Crippen molar-refractivity contribution in [2.75, 3.05) is 29.6 Å². The molecule has 0 radical (unpaired) electrons. The predicted octanol–water partition coefficient (Wildman–Crippen LogP) is 3.55. The lowest BCUT2D eigenvalue weighted by atomic mass is 9.77. The van der Waals surface area contributed by atoms with Gasteiger partial charge in [0.25, 0.3) is 0 Å². The van der Waals surface area contributed by atoms with Gasteiger partial charge in [-0.05, 0) is 37.2 Å². The lowest BCUT2D eigenvalue weighted by Gasteiger charge is -2.30. The Morgan fingerprint density at radius 1 is 1.18 bits per heavy atom. The minimum absolute atomic E-state index is 0.0755. The number of nitrogens with two attached hydrogens (primary N) is 1. The van der Waals surface area contributed by atoms with E-state index in [4.69, 9.17) is 5.73 Å². The highest BCUT2D eigenvalue weighted by Gasteiger charge is 2.36. The first-order valence-electron chi connectivity index (χ1n) is 8.30. The molecule has 0 aromatic rings. The third-order valence-corrected chi connectivity index (χ3v) is 7.72. The van der Waals surface area contributed by atoms with Gasteiger partial charge >= 0.3 is 0 Å². The largest absolute Gasteiger partial charge is 0.324 e. The zero-order valence-electron chi connectivity index (χ0n) is 14.3. The van der Waals surface area contributed by atoms with E-state index in [1.165, 1.54) is 12.8 Å². The average molecular weight is 346 g/mol. The number of ketones is 2. The lowest BCUT2D eigenvalue weighted by molar-refractivity contribution is -0.129. The number of hydrogen-bond donors (Lipinski definition) is 1. The molecule has 2 N–H and O–H groups in total. The van der Waals surface area contributed by atoms with Crippen LogP contribution < -0.4 is 5.73 Å². The summed E-state index contributed by atoms with van der Waals surface area (Å²) in [6, 6.07) is 0. The smallest absolute Gasteiger partial charge is 0.153 e. The molecule has 3 nitrogen and oxygen atoms in total. The molecule has 1 fully saturated rings. The second-order valence-corrected chi connectivity index (χ2v) is 9.05. The maximum absolute atomic E-state index is 12.7. The van der Waals surface area contributed by atoms with E-state index in [2.05, 4.69) is 13.8 Å². The van der Waals surface area contributed by atoms with Crippen molar-refractivity contribution < 1.29 is 9.59 Å². The topological polar surface area (TPSA) is 60.2 Å². The van der Waals surface area contributed by atoms with Gasteiger partial charge in [-0.3, -0.25) is 9.59 Å². The molecule has 1 rings (SSSR count). The van der Waals surface area contributed by atoms with Crippen LogP contribution in [0.1, 0.15) is 52.9 Å². The third kappa shape index (κ3) is 5.57. The van der Waals surface area contributed by atoms with Gasteiger partial charge in [-0.1, -0.05) is 20.8 Å². The summed E-state index contributed by atoms with van der Waals surface area (Å²) in [5.74, 6) is 4.30. The van der Waals surface area contributed by atoms with E-state index >= 15 is 0 Å². The maximum atomic E-state index is 12.7. The van der Waals surface area contributed by atoms with E-state index in [1.54, 1.807) is 0 Å². The summed E-state index contributed by atoms with van der Waals surface area (Å²) in [4.78, 5) is 25.0. The first-order valence-corrected chi connectivity index (χ1v) is 10.6. The summed E-state index contributed by atoms with van der Waals surface area (Å²) >= 11 is 3.74. The van der Waals surface area contributed by atoms with E-state index in [-0.39, 0.29) is 17.7 Å². The Balaban J connectivity index is 2.86. The van der Waals surface area contributed by atoms with E-state index in [9.17, 15) is 9.59 Å². The molecule has 1 saturated heterocycles. The van der Waals surface area contributed by atoms with Gasteiger partial charge in [0.15, 0.2) is 5.78 Å². The molecule has 1 aliphatic rings. The minimum Gasteiger partial charge on any atom is -0.324 e. The predicted molar refractivity (Wildman–Crippen MR) is 98.7 cm³/mol. The van der Waals surface area contributed by atoms with Gasteiger partial charge in [0, 0.05) is 28.8 Å². The number of hydrogen-bond acceptors (Lipinski definition) is 5. The molecule has 22 heavy (non-hydrogen) atoms. The third-order valence-electron chi connectivity index (χ3n) is 4.88. The van der Waals surface area contributed by atoms with Crippen LogP contribution in [0.3, 0.4) is 0 Å². The van der Waals surface area contributed by atoms with Gasteiger partial charge in [-0.2, -0.15) is 23.5 Å². The fraction of sp³-hybridized carbons (Fsp3) is 0.882. The highest BCUT2D eigenvalue weighted by Crippen LogP contribution is 2.35. The van der Waals surface area contributed by atoms with E-state index in [0.717, 1.165) is 29.4 Å². The molecule has 5 heteroatoms. The zero-order chi connectivity index (χ0) is 16.6. The highest BCUT2D eigenvalue weighted by atomic mass is 32.2. The summed E-state index contributed by atoms with van der Waals surface area (Å²) in [7, 11) is 0. The first kappa shape index (κ1) is 20.0. The molecule has 0 unspecified atom stereocenters. The van der Waals surface area contributed by atoms with Gasteiger partial charge in [0.05, 0.1) is 6.54 Å². The molecule has 0 amide bonds. The first-order chi connectivity index (χ1) is 10.4. The summed E-state index contributed by atoms with van der Waals surface area (Å²) in [5, 5.41) is 0. The van der Waals surface area contributed by atoms with Gasteiger partial charge in [-0.15, -0.1) is 0 Å². The fourth-order valence-corrected chi connectivity index (χ4v) is 5.29. The molecule has 128 valence electrons. The van der Waals surface area contributed by atoms with Gasteiger partial charge in [0.1, 0.15) is 5.78 Å². The van der Waals surface area contributed by atoms with Crippen LogP contribution in [0.15, 0.2) is 0 Å².